The number of rotatable bonds is 9. The second kappa shape index (κ2) is 10.1. The van der Waals surface area contributed by atoms with Crippen LogP contribution in [0.4, 0.5) is 0 Å². The number of hydrogen-bond acceptors (Lipinski definition) is 4. The van der Waals surface area contributed by atoms with Gasteiger partial charge in [0.05, 0.1) is 6.10 Å². The maximum Gasteiger partial charge on any atom is 0.119 e. The first-order chi connectivity index (χ1) is 13.1. The Morgan fingerprint density at radius 1 is 1.19 bits per heavy atom. The Morgan fingerprint density at radius 3 is 2.59 bits per heavy atom. The molecule has 0 saturated carbocycles. The van der Waals surface area contributed by atoms with E-state index in [1.54, 1.807) is 12.1 Å². The highest BCUT2D eigenvalue weighted by Gasteiger charge is 2.21. The number of ether oxygens (including phenoxy) is 2. The van der Waals surface area contributed by atoms with Crippen molar-refractivity contribution in [3.63, 3.8) is 0 Å². The summed E-state index contributed by atoms with van der Waals surface area (Å²) in [5.41, 5.74) is 2.49. The van der Waals surface area contributed by atoms with Gasteiger partial charge in [0.25, 0.3) is 0 Å². The van der Waals surface area contributed by atoms with Gasteiger partial charge in [0.2, 0.25) is 0 Å². The first-order valence-electron chi connectivity index (χ1n) is 9.54. The largest absolute Gasteiger partial charge is 0.491 e. The lowest BCUT2D eigenvalue weighted by atomic mass is 10.1. The van der Waals surface area contributed by atoms with Crippen molar-refractivity contribution in [3.05, 3.63) is 64.7 Å². The Morgan fingerprint density at radius 2 is 1.93 bits per heavy atom. The first kappa shape index (κ1) is 20.2. The Hall–Kier alpha value is -1.59. The van der Waals surface area contributed by atoms with Gasteiger partial charge in [0.15, 0.2) is 0 Å². The maximum atomic E-state index is 10.5. The number of nitrogens with zero attached hydrogens (tertiary/aromatic N) is 1. The van der Waals surface area contributed by atoms with Crippen LogP contribution >= 0.6 is 11.6 Å². The third kappa shape index (κ3) is 6.82. The van der Waals surface area contributed by atoms with Crippen LogP contribution in [-0.2, 0) is 11.3 Å². The van der Waals surface area contributed by atoms with Gasteiger partial charge in [-0.05, 0) is 49.6 Å². The van der Waals surface area contributed by atoms with Gasteiger partial charge < -0.3 is 14.6 Å². The van der Waals surface area contributed by atoms with E-state index in [2.05, 4.69) is 36.1 Å². The molecule has 1 aliphatic rings. The number of hydrogen-bond donors (Lipinski definition) is 1. The topological polar surface area (TPSA) is 41.9 Å². The van der Waals surface area contributed by atoms with Crippen molar-refractivity contribution in [2.45, 2.75) is 38.5 Å². The monoisotopic (exact) mass is 389 g/mol. The molecule has 3 rings (SSSR count). The van der Waals surface area contributed by atoms with Crippen LogP contribution in [0.25, 0.3) is 0 Å². The standard InChI is InChI=1S/C22H28ClNO3/c1-17-4-6-18(7-5-17)13-24(15-22-3-2-12-26-22)14-20(25)16-27-21-10-8-19(23)9-11-21/h4-11,20,22,25H,2-3,12-16H2,1H3. The van der Waals surface area contributed by atoms with E-state index in [0.717, 1.165) is 32.5 Å². The number of aliphatic hydroxyl groups excluding tert-OH is 1. The van der Waals surface area contributed by atoms with Gasteiger partial charge >= 0.3 is 0 Å². The van der Waals surface area contributed by atoms with Crippen LogP contribution < -0.4 is 4.74 Å². The average Bonchev–Trinajstić information content (AvgIpc) is 3.16. The normalized spacial score (nSPS) is 18.0. The zero-order chi connectivity index (χ0) is 19.1. The summed E-state index contributed by atoms with van der Waals surface area (Å²) >= 11 is 5.89. The number of halogens is 1. The Labute approximate surface area is 166 Å². The molecule has 1 heterocycles. The molecule has 5 heteroatoms. The Bertz CT molecular complexity index is 684. The fourth-order valence-corrected chi connectivity index (χ4v) is 3.43. The number of aryl methyl sites for hydroxylation is 1. The van der Waals surface area contributed by atoms with Crippen LogP contribution in [0.5, 0.6) is 5.75 Å². The number of benzene rings is 2. The predicted octanol–water partition coefficient (Wildman–Crippen LogP) is 4.07. The molecule has 0 aromatic heterocycles. The van der Waals surface area contributed by atoms with Crippen molar-refractivity contribution < 1.29 is 14.6 Å². The van der Waals surface area contributed by atoms with E-state index in [4.69, 9.17) is 21.1 Å². The van der Waals surface area contributed by atoms with Gasteiger partial charge in [0, 0.05) is 31.3 Å². The summed E-state index contributed by atoms with van der Waals surface area (Å²) in [7, 11) is 0. The lowest BCUT2D eigenvalue weighted by Crippen LogP contribution is -2.39. The molecule has 2 atom stereocenters. The van der Waals surface area contributed by atoms with E-state index >= 15 is 0 Å². The molecule has 1 aliphatic heterocycles. The van der Waals surface area contributed by atoms with Crippen LogP contribution in [0.1, 0.15) is 24.0 Å². The van der Waals surface area contributed by atoms with E-state index in [-0.39, 0.29) is 12.7 Å². The molecular formula is C22H28ClNO3. The van der Waals surface area contributed by atoms with Crippen LogP contribution in [0.15, 0.2) is 48.5 Å². The summed E-state index contributed by atoms with van der Waals surface area (Å²) in [5.74, 6) is 0.711. The zero-order valence-corrected chi connectivity index (χ0v) is 16.6. The van der Waals surface area contributed by atoms with Gasteiger partial charge in [0.1, 0.15) is 18.5 Å². The van der Waals surface area contributed by atoms with Crippen molar-refractivity contribution in [2.24, 2.45) is 0 Å². The first-order valence-corrected chi connectivity index (χ1v) is 9.92. The highest BCUT2D eigenvalue weighted by Crippen LogP contribution is 2.17. The quantitative estimate of drug-likeness (QED) is 0.702. The second-order valence-electron chi connectivity index (χ2n) is 7.23. The van der Waals surface area contributed by atoms with Gasteiger partial charge in [-0.1, -0.05) is 41.4 Å². The molecule has 1 N–H and O–H groups in total. The molecule has 0 radical (unpaired) electrons. The minimum absolute atomic E-state index is 0.248. The molecule has 0 amide bonds. The third-order valence-corrected chi connectivity index (χ3v) is 4.99. The van der Waals surface area contributed by atoms with Gasteiger partial charge in [-0.3, -0.25) is 4.90 Å². The maximum absolute atomic E-state index is 10.5. The van der Waals surface area contributed by atoms with E-state index in [9.17, 15) is 5.11 Å². The van der Waals surface area contributed by atoms with E-state index < -0.39 is 6.10 Å². The van der Waals surface area contributed by atoms with E-state index in [0.29, 0.717) is 17.3 Å². The molecule has 2 aromatic carbocycles. The molecule has 146 valence electrons. The predicted molar refractivity (Wildman–Crippen MR) is 108 cm³/mol. The molecule has 0 spiro atoms. The van der Waals surface area contributed by atoms with Crippen molar-refractivity contribution in [1.82, 2.24) is 4.90 Å². The van der Waals surface area contributed by atoms with Crippen LogP contribution in [-0.4, -0.2) is 48.5 Å². The molecule has 27 heavy (non-hydrogen) atoms. The average molecular weight is 390 g/mol. The smallest absolute Gasteiger partial charge is 0.119 e. The SMILES string of the molecule is Cc1ccc(CN(CC(O)COc2ccc(Cl)cc2)CC2CCCO2)cc1. The summed E-state index contributed by atoms with van der Waals surface area (Å²) in [5, 5.41) is 11.2. The van der Waals surface area contributed by atoms with Crippen LogP contribution in [0, 0.1) is 6.92 Å². The molecule has 1 fully saturated rings. The van der Waals surface area contributed by atoms with Gasteiger partial charge in [-0.25, -0.2) is 0 Å². The summed E-state index contributed by atoms with van der Waals surface area (Å²) in [6, 6.07) is 15.7. The minimum atomic E-state index is -0.576. The molecular weight excluding hydrogens is 362 g/mol. The fourth-order valence-electron chi connectivity index (χ4n) is 3.31. The molecule has 0 bridgehead atoms. The molecule has 2 unspecified atom stereocenters. The molecule has 2 aromatic rings. The number of aliphatic hydroxyl groups is 1. The van der Waals surface area contributed by atoms with Crippen molar-refractivity contribution >= 4 is 11.6 Å². The second-order valence-corrected chi connectivity index (χ2v) is 7.67. The molecule has 0 aliphatic carbocycles. The van der Waals surface area contributed by atoms with E-state index in [1.165, 1.54) is 11.1 Å². The van der Waals surface area contributed by atoms with Gasteiger partial charge in [-0.15, -0.1) is 0 Å². The fraction of sp³-hybridized carbons (Fsp3) is 0.455. The summed E-state index contributed by atoms with van der Waals surface area (Å²) < 4.78 is 11.5. The lowest BCUT2D eigenvalue weighted by molar-refractivity contribution is 0.0313. The van der Waals surface area contributed by atoms with Crippen molar-refractivity contribution in [1.29, 1.82) is 0 Å². The minimum Gasteiger partial charge on any atom is -0.491 e. The lowest BCUT2D eigenvalue weighted by Gasteiger charge is -2.27. The third-order valence-electron chi connectivity index (χ3n) is 4.74. The Kier molecular flexibility index (Phi) is 7.53. The highest BCUT2D eigenvalue weighted by molar-refractivity contribution is 6.30. The molecule has 4 nitrogen and oxygen atoms in total. The molecule has 1 saturated heterocycles. The van der Waals surface area contributed by atoms with Crippen LogP contribution in [0.2, 0.25) is 5.02 Å². The summed E-state index contributed by atoms with van der Waals surface area (Å²) in [4.78, 5) is 2.26. The van der Waals surface area contributed by atoms with E-state index in [1.807, 2.05) is 12.1 Å². The van der Waals surface area contributed by atoms with Crippen molar-refractivity contribution in [3.8, 4) is 5.75 Å². The summed E-state index contributed by atoms with van der Waals surface area (Å²) in [6.45, 7) is 5.33. The van der Waals surface area contributed by atoms with Crippen molar-refractivity contribution in [2.75, 3.05) is 26.3 Å². The van der Waals surface area contributed by atoms with Gasteiger partial charge in [-0.2, -0.15) is 0 Å². The summed E-state index contributed by atoms with van der Waals surface area (Å²) in [6.07, 6.45) is 1.87. The highest BCUT2D eigenvalue weighted by atomic mass is 35.5. The zero-order valence-electron chi connectivity index (χ0n) is 15.8. The Balaban J connectivity index is 1.55. The van der Waals surface area contributed by atoms with Crippen LogP contribution in [0.3, 0.4) is 0 Å².